The van der Waals surface area contributed by atoms with Crippen molar-refractivity contribution in [3.05, 3.63) is 46.9 Å². The SMILES string of the molecule is CC(=O)N1CCc2c(c(N3CCCc4cc(-c5cnn(C)c5)c(C(F)F)cc43)nn2[C@@H]2CCCOCC2)C1. The van der Waals surface area contributed by atoms with Crippen LogP contribution in [0.2, 0.25) is 0 Å². The molecule has 6 rings (SSSR count). The Morgan fingerprint density at radius 2 is 2.00 bits per heavy atom. The first-order valence-corrected chi connectivity index (χ1v) is 13.6. The van der Waals surface area contributed by atoms with Crippen molar-refractivity contribution in [3.8, 4) is 11.1 Å². The number of ether oxygens (including phenoxy) is 1. The van der Waals surface area contributed by atoms with Crippen molar-refractivity contribution in [2.45, 2.75) is 64.5 Å². The highest BCUT2D eigenvalue weighted by molar-refractivity contribution is 5.78. The minimum atomic E-state index is -2.62. The maximum absolute atomic E-state index is 14.4. The fraction of sp³-hybridized carbons (Fsp3) is 0.536. The highest BCUT2D eigenvalue weighted by Gasteiger charge is 2.34. The van der Waals surface area contributed by atoms with Gasteiger partial charge in [0.15, 0.2) is 5.82 Å². The molecule has 5 heterocycles. The fourth-order valence-electron chi connectivity index (χ4n) is 6.21. The number of carbonyl (C=O) groups is 1. The Labute approximate surface area is 221 Å². The van der Waals surface area contributed by atoms with Crippen LogP contribution < -0.4 is 4.90 Å². The standard InChI is InChI=1S/C28H34F2N6O2/c1-18(37)34-10-7-25-24(17-34)28(32-36(25)21-6-4-11-38-12-8-21)35-9-3-5-19-13-22(20-15-31-33(2)16-20)23(27(29)30)14-26(19)35/h13-16,21,27H,3-12,17H2,1-2H3/t21-/m1/s1. The molecule has 3 aliphatic heterocycles. The fourth-order valence-corrected chi connectivity index (χ4v) is 6.21. The minimum absolute atomic E-state index is 0.00299. The Hall–Kier alpha value is -3.27. The summed E-state index contributed by atoms with van der Waals surface area (Å²) in [5, 5.41) is 9.38. The molecule has 202 valence electrons. The van der Waals surface area contributed by atoms with Crippen LogP contribution in [-0.2, 0) is 36.0 Å². The zero-order chi connectivity index (χ0) is 26.4. The highest BCUT2D eigenvalue weighted by atomic mass is 19.3. The molecule has 8 nitrogen and oxygen atoms in total. The number of hydrogen-bond donors (Lipinski definition) is 0. The van der Waals surface area contributed by atoms with Crippen LogP contribution in [0.15, 0.2) is 24.5 Å². The summed E-state index contributed by atoms with van der Waals surface area (Å²) in [5.74, 6) is 0.837. The van der Waals surface area contributed by atoms with E-state index in [9.17, 15) is 13.6 Å². The van der Waals surface area contributed by atoms with E-state index in [1.807, 2.05) is 11.0 Å². The van der Waals surface area contributed by atoms with Crippen molar-refractivity contribution in [3.63, 3.8) is 0 Å². The molecule has 0 aliphatic carbocycles. The van der Waals surface area contributed by atoms with Crippen molar-refractivity contribution >= 4 is 17.4 Å². The molecule has 0 spiro atoms. The molecule has 3 aromatic rings. The molecule has 3 aliphatic rings. The number of nitrogens with zero attached hydrogens (tertiary/aromatic N) is 6. The van der Waals surface area contributed by atoms with E-state index in [2.05, 4.69) is 14.7 Å². The van der Waals surface area contributed by atoms with E-state index >= 15 is 0 Å². The quantitative estimate of drug-likeness (QED) is 0.483. The smallest absolute Gasteiger partial charge is 0.264 e. The summed E-state index contributed by atoms with van der Waals surface area (Å²) in [6.07, 6.45) is 6.10. The lowest BCUT2D eigenvalue weighted by atomic mass is 9.92. The van der Waals surface area contributed by atoms with Gasteiger partial charge in [-0.2, -0.15) is 10.2 Å². The average Bonchev–Trinajstić information content (AvgIpc) is 3.40. The third-order valence-corrected chi connectivity index (χ3v) is 8.15. The Kier molecular flexibility index (Phi) is 6.67. The van der Waals surface area contributed by atoms with Crippen LogP contribution in [0.1, 0.15) is 67.5 Å². The van der Waals surface area contributed by atoms with E-state index in [-0.39, 0.29) is 17.5 Å². The Morgan fingerprint density at radius 1 is 1.13 bits per heavy atom. The lowest BCUT2D eigenvalue weighted by Crippen LogP contribution is -2.35. The molecule has 10 heteroatoms. The monoisotopic (exact) mass is 524 g/mol. The number of alkyl halides is 2. The summed E-state index contributed by atoms with van der Waals surface area (Å²) in [5.41, 5.74) is 5.25. The van der Waals surface area contributed by atoms with Crippen molar-refractivity contribution in [2.75, 3.05) is 31.2 Å². The number of rotatable bonds is 4. The topological polar surface area (TPSA) is 68.4 Å². The molecular formula is C28H34F2N6O2. The molecule has 1 fully saturated rings. The predicted octanol–water partition coefficient (Wildman–Crippen LogP) is 4.95. The molecule has 0 N–H and O–H groups in total. The Bertz CT molecular complexity index is 1340. The molecule has 1 atom stereocenters. The lowest BCUT2D eigenvalue weighted by Gasteiger charge is -2.33. The first-order chi connectivity index (χ1) is 18.4. The van der Waals surface area contributed by atoms with E-state index in [0.717, 1.165) is 73.5 Å². The molecular weight excluding hydrogens is 490 g/mol. The van der Waals surface area contributed by atoms with Gasteiger partial charge < -0.3 is 14.5 Å². The third kappa shape index (κ3) is 4.48. The molecule has 0 unspecified atom stereocenters. The minimum Gasteiger partial charge on any atom is -0.381 e. The summed E-state index contributed by atoms with van der Waals surface area (Å²) >= 11 is 0. The van der Waals surface area contributed by atoms with Crippen molar-refractivity contribution in [1.29, 1.82) is 0 Å². The number of anilines is 2. The maximum atomic E-state index is 14.4. The first-order valence-electron chi connectivity index (χ1n) is 13.6. The second-order valence-electron chi connectivity index (χ2n) is 10.6. The molecule has 0 bridgehead atoms. The second kappa shape index (κ2) is 10.1. The van der Waals surface area contributed by atoms with Gasteiger partial charge in [-0.05, 0) is 55.4 Å². The predicted molar refractivity (Wildman–Crippen MR) is 140 cm³/mol. The molecule has 1 saturated heterocycles. The van der Waals surface area contributed by atoms with Gasteiger partial charge in [-0.25, -0.2) is 8.78 Å². The van der Waals surface area contributed by atoms with Gasteiger partial charge in [-0.1, -0.05) is 0 Å². The van der Waals surface area contributed by atoms with Gasteiger partial charge in [0.1, 0.15) is 0 Å². The number of benzene rings is 1. The van der Waals surface area contributed by atoms with Gasteiger partial charge in [0.05, 0.1) is 18.8 Å². The van der Waals surface area contributed by atoms with E-state index < -0.39 is 6.43 Å². The van der Waals surface area contributed by atoms with Crippen molar-refractivity contribution < 1.29 is 18.3 Å². The number of halogens is 2. The van der Waals surface area contributed by atoms with Gasteiger partial charge in [-0.15, -0.1) is 0 Å². The van der Waals surface area contributed by atoms with Gasteiger partial charge in [0.25, 0.3) is 6.43 Å². The van der Waals surface area contributed by atoms with Crippen LogP contribution >= 0.6 is 0 Å². The molecule has 2 aromatic heterocycles. The number of fused-ring (bicyclic) bond motifs is 2. The van der Waals surface area contributed by atoms with Crippen LogP contribution in [0, 0.1) is 0 Å². The van der Waals surface area contributed by atoms with Crippen LogP contribution in [0.25, 0.3) is 11.1 Å². The summed E-state index contributed by atoms with van der Waals surface area (Å²) in [4.78, 5) is 16.3. The number of hydrogen-bond acceptors (Lipinski definition) is 5. The normalized spacial score (nSPS) is 19.9. The number of aryl methyl sites for hydroxylation is 2. The molecule has 38 heavy (non-hydrogen) atoms. The van der Waals surface area contributed by atoms with Gasteiger partial charge >= 0.3 is 0 Å². The van der Waals surface area contributed by atoms with Gasteiger partial charge in [0, 0.05) is 81.0 Å². The van der Waals surface area contributed by atoms with Crippen LogP contribution in [0.4, 0.5) is 20.3 Å². The van der Waals surface area contributed by atoms with E-state index in [4.69, 9.17) is 9.84 Å². The van der Waals surface area contributed by atoms with E-state index in [1.165, 1.54) is 0 Å². The van der Waals surface area contributed by atoms with Gasteiger partial charge in [-0.3, -0.25) is 14.2 Å². The lowest BCUT2D eigenvalue weighted by molar-refractivity contribution is -0.129. The summed E-state index contributed by atoms with van der Waals surface area (Å²) in [6.45, 7) is 4.92. The molecule has 0 radical (unpaired) electrons. The van der Waals surface area contributed by atoms with Crippen LogP contribution in [0.3, 0.4) is 0 Å². The number of carbonyl (C=O) groups excluding carboxylic acids is 1. The van der Waals surface area contributed by atoms with Crippen molar-refractivity contribution in [1.82, 2.24) is 24.5 Å². The van der Waals surface area contributed by atoms with Crippen molar-refractivity contribution in [2.24, 2.45) is 7.05 Å². The summed E-state index contributed by atoms with van der Waals surface area (Å²) in [6, 6.07) is 3.80. The summed E-state index contributed by atoms with van der Waals surface area (Å²) in [7, 11) is 1.79. The van der Waals surface area contributed by atoms with E-state index in [0.29, 0.717) is 37.4 Å². The van der Waals surface area contributed by atoms with Gasteiger partial charge in [0.2, 0.25) is 5.91 Å². The first kappa shape index (κ1) is 25.0. The zero-order valence-electron chi connectivity index (χ0n) is 22.0. The summed E-state index contributed by atoms with van der Waals surface area (Å²) < 4.78 is 38.3. The molecule has 1 amide bonds. The zero-order valence-corrected chi connectivity index (χ0v) is 22.0. The molecule has 1 aromatic carbocycles. The number of aromatic nitrogens is 4. The number of amides is 1. The Morgan fingerprint density at radius 3 is 2.76 bits per heavy atom. The average molecular weight is 525 g/mol. The molecule has 0 saturated carbocycles. The third-order valence-electron chi connectivity index (χ3n) is 8.15. The highest BCUT2D eigenvalue weighted by Crippen LogP contribution is 2.43. The largest absolute Gasteiger partial charge is 0.381 e. The maximum Gasteiger partial charge on any atom is 0.264 e. The second-order valence-corrected chi connectivity index (χ2v) is 10.6. The Balaban J connectivity index is 1.47. The van der Waals surface area contributed by atoms with E-state index in [1.54, 1.807) is 37.1 Å². The van der Waals surface area contributed by atoms with Crippen LogP contribution in [-0.4, -0.2) is 56.7 Å². The van der Waals surface area contributed by atoms with Crippen LogP contribution in [0.5, 0.6) is 0 Å².